The maximum atomic E-state index is 10.4. The fraction of sp³-hybridized carbons (Fsp3) is 0.800. The quantitative estimate of drug-likeness (QED) is 0.536. The second-order valence-corrected chi connectivity index (χ2v) is 9.10. The Hall–Kier alpha value is 1.11. The summed E-state index contributed by atoms with van der Waals surface area (Å²) in [5.41, 5.74) is -0.451. The van der Waals surface area contributed by atoms with Crippen LogP contribution in [-0.2, 0) is 4.79 Å². The molecule has 0 unspecified atom stereocenters. The Morgan fingerprint density at radius 1 is 1.22 bits per heavy atom. The number of hydrogen-bond donors (Lipinski definition) is 0. The largest absolute Gasteiger partial charge is 0.303 e. The number of aldehydes is 1. The molecule has 4 heteroatoms. The second-order valence-electron chi connectivity index (χ2n) is 2.34. The Kier molecular flexibility index (Phi) is 3.38. The number of hydrogen-bond acceptors (Lipinski definition) is 1. The summed E-state index contributed by atoms with van der Waals surface area (Å²) in [7, 11) is 0. The molecule has 1 nitrogen and oxygen atoms in total. The van der Waals surface area contributed by atoms with Crippen molar-refractivity contribution in [2.45, 2.75) is 16.0 Å². The van der Waals surface area contributed by atoms with Crippen molar-refractivity contribution in [1.82, 2.24) is 0 Å². The molecule has 0 heterocycles. The Bertz CT molecular complexity index is 114. The lowest BCUT2D eigenvalue weighted by Gasteiger charge is -2.26. The van der Waals surface area contributed by atoms with Crippen LogP contribution in [0, 0.1) is 5.41 Å². The van der Waals surface area contributed by atoms with Gasteiger partial charge in [-0.05, 0) is 0 Å². The Morgan fingerprint density at radius 3 is 1.56 bits per heavy atom. The van der Waals surface area contributed by atoms with Gasteiger partial charge in [0.25, 0.3) is 0 Å². The molecule has 0 aromatic rings. The standard InChI is InChI=1S/C5H7Br3O/c1-4(2,3-9)5(6,7)8/h3H,1-2H3. The topological polar surface area (TPSA) is 17.1 Å². The van der Waals surface area contributed by atoms with Crippen LogP contribution in [0.15, 0.2) is 0 Å². The molecule has 0 N–H and O–H groups in total. The molecule has 0 rings (SSSR count). The molecule has 9 heavy (non-hydrogen) atoms. The maximum Gasteiger partial charge on any atom is 0.146 e. The van der Waals surface area contributed by atoms with E-state index in [2.05, 4.69) is 47.8 Å². The molecule has 0 fully saturated rings. The molecular weight excluding hydrogens is 316 g/mol. The van der Waals surface area contributed by atoms with Gasteiger partial charge in [0.2, 0.25) is 0 Å². The molecule has 0 aliphatic rings. The summed E-state index contributed by atoms with van der Waals surface area (Å²) in [6.45, 7) is 3.64. The second kappa shape index (κ2) is 3.01. The number of halogens is 3. The maximum absolute atomic E-state index is 10.4. The van der Waals surface area contributed by atoms with Gasteiger partial charge in [0.15, 0.2) is 0 Å². The van der Waals surface area contributed by atoms with Gasteiger partial charge in [-0.3, -0.25) is 0 Å². The molecule has 0 atom stereocenters. The number of rotatable bonds is 1. The van der Waals surface area contributed by atoms with Crippen LogP contribution >= 0.6 is 47.8 Å². The summed E-state index contributed by atoms with van der Waals surface area (Å²) < 4.78 is -0.484. The zero-order chi connectivity index (χ0) is 7.71. The smallest absolute Gasteiger partial charge is 0.146 e. The van der Waals surface area contributed by atoms with Crippen LogP contribution in [0.25, 0.3) is 0 Å². The predicted molar refractivity (Wildman–Crippen MR) is 49.4 cm³/mol. The highest BCUT2D eigenvalue weighted by molar-refractivity contribution is 9.39. The third kappa shape index (κ3) is 2.68. The van der Waals surface area contributed by atoms with Gasteiger partial charge in [-0.2, -0.15) is 0 Å². The SMILES string of the molecule is CC(C)(C=O)C(Br)(Br)Br. The molecule has 0 saturated carbocycles. The highest BCUT2D eigenvalue weighted by Gasteiger charge is 2.38. The molecule has 0 spiro atoms. The summed E-state index contributed by atoms with van der Waals surface area (Å²) in [6.07, 6.45) is 0.880. The highest BCUT2D eigenvalue weighted by Crippen LogP contribution is 2.47. The first-order valence-corrected chi connectivity index (χ1v) is 4.72. The van der Waals surface area contributed by atoms with E-state index in [1.165, 1.54) is 0 Å². The fourth-order valence-corrected chi connectivity index (χ4v) is 0.347. The first-order valence-electron chi connectivity index (χ1n) is 2.34. The van der Waals surface area contributed by atoms with E-state index in [-0.39, 0.29) is 0 Å². The first kappa shape index (κ1) is 10.1. The van der Waals surface area contributed by atoms with Gasteiger partial charge in [0.05, 0.1) is 5.41 Å². The van der Waals surface area contributed by atoms with Gasteiger partial charge >= 0.3 is 0 Å². The summed E-state index contributed by atoms with van der Waals surface area (Å²) in [4.78, 5) is 10.4. The van der Waals surface area contributed by atoms with E-state index in [0.717, 1.165) is 6.29 Å². The van der Waals surface area contributed by atoms with E-state index in [1.807, 2.05) is 13.8 Å². The average Bonchev–Trinajstić information content (AvgIpc) is 1.64. The van der Waals surface area contributed by atoms with Crippen LogP contribution in [0.1, 0.15) is 13.8 Å². The number of carbonyl (C=O) groups excluding carboxylic acids is 1. The summed E-state index contributed by atoms with van der Waals surface area (Å²) in [5, 5.41) is 0. The molecular formula is C5H7Br3O. The van der Waals surface area contributed by atoms with Gasteiger partial charge in [0.1, 0.15) is 8.43 Å². The lowest BCUT2D eigenvalue weighted by Crippen LogP contribution is -2.28. The van der Waals surface area contributed by atoms with Crippen LogP contribution < -0.4 is 0 Å². The summed E-state index contributed by atoms with van der Waals surface area (Å²) in [6, 6.07) is 0. The predicted octanol–water partition coefficient (Wildman–Crippen LogP) is 3.05. The van der Waals surface area contributed by atoms with Crippen LogP contribution in [0.2, 0.25) is 0 Å². The minimum absolute atomic E-state index is 0.451. The number of carbonyl (C=O) groups is 1. The normalized spacial score (nSPS) is 13.4. The van der Waals surface area contributed by atoms with E-state index in [4.69, 9.17) is 0 Å². The van der Waals surface area contributed by atoms with Crippen molar-refractivity contribution in [3.63, 3.8) is 0 Å². The van der Waals surface area contributed by atoms with E-state index >= 15 is 0 Å². The average molecular weight is 323 g/mol. The van der Waals surface area contributed by atoms with Gasteiger partial charge in [-0.1, -0.05) is 61.6 Å². The zero-order valence-corrected chi connectivity index (χ0v) is 9.88. The first-order chi connectivity index (χ1) is 3.81. The fourth-order valence-electron chi connectivity index (χ4n) is 0.0668. The van der Waals surface area contributed by atoms with Crippen molar-refractivity contribution in [2.75, 3.05) is 0 Å². The van der Waals surface area contributed by atoms with Crippen molar-refractivity contribution in [3.05, 3.63) is 0 Å². The van der Waals surface area contributed by atoms with E-state index < -0.39 is 7.56 Å². The van der Waals surface area contributed by atoms with Crippen molar-refractivity contribution in [3.8, 4) is 0 Å². The minimum atomic E-state index is -0.484. The van der Waals surface area contributed by atoms with Gasteiger partial charge in [-0.15, -0.1) is 0 Å². The molecule has 0 radical (unpaired) electrons. The van der Waals surface area contributed by atoms with E-state index in [0.29, 0.717) is 0 Å². The van der Waals surface area contributed by atoms with Crippen LogP contribution in [0.4, 0.5) is 0 Å². The molecule has 54 valence electrons. The lowest BCUT2D eigenvalue weighted by molar-refractivity contribution is -0.114. The molecule has 0 aromatic heterocycles. The Morgan fingerprint density at radius 2 is 1.56 bits per heavy atom. The minimum Gasteiger partial charge on any atom is -0.303 e. The van der Waals surface area contributed by atoms with E-state index in [1.54, 1.807) is 0 Å². The third-order valence-corrected chi connectivity index (χ3v) is 4.09. The Labute approximate surface area is 80.0 Å². The lowest BCUT2D eigenvalue weighted by atomic mass is 10.00. The summed E-state index contributed by atoms with van der Waals surface area (Å²) in [5.74, 6) is 0. The molecule has 0 amide bonds. The van der Waals surface area contributed by atoms with Crippen molar-refractivity contribution >= 4 is 54.1 Å². The van der Waals surface area contributed by atoms with Crippen molar-refractivity contribution in [2.24, 2.45) is 5.41 Å². The summed E-state index contributed by atoms with van der Waals surface area (Å²) >= 11 is 9.79. The van der Waals surface area contributed by atoms with Crippen molar-refractivity contribution in [1.29, 1.82) is 0 Å². The Balaban J connectivity index is 4.32. The highest BCUT2D eigenvalue weighted by atomic mass is 80.0. The monoisotopic (exact) mass is 320 g/mol. The number of alkyl halides is 3. The molecule has 0 aliphatic heterocycles. The van der Waals surface area contributed by atoms with Gasteiger partial charge in [0, 0.05) is 0 Å². The third-order valence-electron chi connectivity index (χ3n) is 1.03. The molecule has 0 aliphatic carbocycles. The van der Waals surface area contributed by atoms with Gasteiger partial charge in [-0.25, -0.2) is 0 Å². The van der Waals surface area contributed by atoms with Crippen LogP contribution in [0.3, 0.4) is 0 Å². The molecule has 0 bridgehead atoms. The van der Waals surface area contributed by atoms with Crippen molar-refractivity contribution < 1.29 is 4.79 Å². The molecule has 0 saturated heterocycles. The van der Waals surface area contributed by atoms with Gasteiger partial charge < -0.3 is 4.79 Å². The van der Waals surface area contributed by atoms with Crippen LogP contribution in [-0.4, -0.2) is 8.43 Å². The zero-order valence-electron chi connectivity index (χ0n) is 5.12. The molecule has 0 aromatic carbocycles. The van der Waals surface area contributed by atoms with E-state index in [9.17, 15) is 4.79 Å². The van der Waals surface area contributed by atoms with Crippen LogP contribution in [0.5, 0.6) is 0 Å².